The van der Waals surface area contributed by atoms with Gasteiger partial charge in [-0.3, -0.25) is 9.59 Å². The monoisotopic (exact) mass is 414 g/mol. The van der Waals surface area contributed by atoms with E-state index in [2.05, 4.69) is 6.92 Å². The lowest BCUT2D eigenvalue weighted by Crippen LogP contribution is -2.51. The van der Waals surface area contributed by atoms with Gasteiger partial charge in [-0.2, -0.15) is 0 Å². The Kier molecular flexibility index (Phi) is 7.53. The van der Waals surface area contributed by atoms with Crippen molar-refractivity contribution in [2.75, 3.05) is 32.8 Å². The Morgan fingerprint density at radius 3 is 2.21 bits per heavy atom. The van der Waals surface area contributed by atoms with Crippen LogP contribution in [0.2, 0.25) is 5.02 Å². The molecule has 3 rings (SSSR count). The molecule has 1 saturated heterocycles. The molecule has 0 aromatic heterocycles. The first-order chi connectivity index (χ1) is 14.1. The molecule has 0 saturated carbocycles. The fourth-order valence-electron chi connectivity index (χ4n) is 3.43. The maximum absolute atomic E-state index is 12.5. The van der Waals surface area contributed by atoms with E-state index in [1.165, 1.54) is 0 Å². The van der Waals surface area contributed by atoms with Gasteiger partial charge in [0.1, 0.15) is 5.75 Å². The molecular weight excluding hydrogens is 388 g/mol. The van der Waals surface area contributed by atoms with Gasteiger partial charge in [0.15, 0.2) is 6.61 Å². The van der Waals surface area contributed by atoms with E-state index in [4.69, 9.17) is 16.3 Å². The fraction of sp³-hybridized carbons (Fsp3) is 0.391. The minimum atomic E-state index is -0.0378. The van der Waals surface area contributed by atoms with Crippen LogP contribution in [0.15, 0.2) is 48.5 Å². The third-order valence-corrected chi connectivity index (χ3v) is 5.48. The fourth-order valence-corrected chi connectivity index (χ4v) is 3.56. The van der Waals surface area contributed by atoms with Gasteiger partial charge in [0.2, 0.25) is 5.91 Å². The number of nitrogens with zero attached hydrogens (tertiary/aromatic N) is 2. The number of benzene rings is 2. The SMILES string of the molecule is CCc1ccccc1OCC(=O)N1CCN(C(=O)CCc2ccc(Cl)cc2)CC1. The molecule has 2 amide bonds. The van der Waals surface area contributed by atoms with E-state index in [1.54, 1.807) is 4.90 Å². The van der Waals surface area contributed by atoms with E-state index in [0.717, 1.165) is 23.3 Å². The molecule has 0 spiro atoms. The average molecular weight is 415 g/mol. The summed E-state index contributed by atoms with van der Waals surface area (Å²) in [6.07, 6.45) is 2.02. The zero-order valence-electron chi connectivity index (χ0n) is 16.8. The lowest BCUT2D eigenvalue weighted by Gasteiger charge is -2.34. The molecule has 0 bridgehead atoms. The summed E-state index contributed by atoms with van der Waals surface area (Å²) in [5.41, 5.74) is 2.19. The minimum Gasteiger partial charge on any atom is -0.483 e. The van der Waals surface area contributed by atoms with Crippen LogP contribution >= 0.6 is 11.6 Å². The van der Waals surface area contributed by atoms with Gasteiger partial charge in [-0.05, 0) is 42.2 Å². The first-order valence-electron chi connectivity index (χ1n) is 10.1. The number of amides is 2. The first-order valence-corrected chi connectivity index (χ1v) is 10.5. The van der Waals surface area contributed by atoms with Crippen LogP contribution in [-0.2, 0) is 22.4 Å². The molecule has 1 aliphatic rings. The Hall–Kier alpha value is -2.53. The van der Waals surface area contributed by atoms with Crippen molar-refractivity contribution >= 4 is 23.4 Å². The molecule has 5 nitrogen and oxygen atoms in total. The number of rotatable bonds is 7. The first kappa shape index (κ1) is 21.2. The Balaban J connectivity index is 1.41. The van der Waals surface area contributed by atoms with Gasteiger partial charge in [0.25, 0.3) is 5.91 Å². The zero-order chi connectivity index (χ0) is 20.6. The molecule has 0 aliphatic carbocycles. The average Bonchev–Trinajstić information content (AvgIpc) is 2.77. The summed E-state index contributed by atoms with van der Waals surface area (Å²) in [5.74, 6) is 0.851. The smallest absolute Gasteiger partial charge is 0.260 e. The second kappa shape index (κ2) is 10.3. The largest absolute Gasteiger partial charge is 0.483 e. The quantitative estimate of drug-likeness (QED) is 0.695. The van der Waals surface area contributed by atoms with Gasteiger partial charge in [0.05, 0.1) is 0 Å². The van der Waals surface area contributed by atoms with Gasteiger partial charge < -0.3 is 14.5 Å². The third kappa shape index (κ3) is 5.97. The number of piperazine rings is 1. The lowest BCUT2D eigenvalue weighted by molar-refractivity contribution is -0.140. The molecule has 29 heavy (non-hydrogen) atoms. The summed E-state index contributed by atoms with van der Waals surface area (Å²) in [7, 11) is 0. The number of para-hydroxylation sites is 1. The van der Waals surface area contributed by atoms with Crippen LogP contribution in [0.25, 0.3) is 0 Å². The second-order valence-corrected chi connectivity index (χ2v) is 7.57. The Morgan fingerprint density at radius 2 is 1.55 bits per heavy atom. The predicted molar refractivity (Wildman–Crippen MR) is 114 cm³/mol. The van der Waals surface area contributed by atoms with E-state index in [9.17, 15) is 9.59 Å². The predicted octanol–water partition coefficient (Wildman–Crippen LogP) is 3.58. The minimum absolute atomic E-state index is 0.0293. The van der Waals surface area contributed by atoms with Crippen molar-refractivity contribution in [3.05, 3.63) is 64.7 Å². The molecular formula is C23H27ClN2O3. The summed E-state index contributed by atoms with van der Waals surface area (Å²) in [4.78, 5) is 28.6. The highest BCUT2D eigenvalue weighted by atomic mass is 35.5. The van der Waals surface area contributed by atoms with E-state index in [-0.39, 0.29) is 18.4 Å². The van der Waals surface area contributed by atoms with Crippen LogP contribution in [-0.4, -0.2) is 54.4 Å². The van der Waals surface area contributed by atoms with Crippen LogP contribution in [0, 0.1) is 0 Å². The van der Waals surface area contributed by atoms with E-state index in [1.807, 2.05) is 53.4 Å². The van der Waals surface area contributed by atoms with Crippen molar-refractivity contribution in [1.29, 1.82) is 0 Å². The number of carbonyl (C=O) groups is 2. The lowest BCUT2D eigenvalue weighted by atomic mass is 10.1. The number of aryl methyl sites for hydroxylation is 2. The van der Waals surface area contributed by atoms with Crippen LogP contribution in [0.3, 0.4) is 0 Å². The van der Waals surface area contributed by atoms with Crippen molar-refractivity contribution in [3.63, 3.8) is 0 Å². The zero-order valence-corrected chi connectivity index (χ0v) is 17.5. The summed E-state index contributed by atoms with van der Waals surface area (Å²) < 4.78 is 5.73. The van der Waals surface area contributed by atoms with Crippen molar-refractivity contribution < 1.29 is 14.3 Å². The van der Waals surface area contributed by atoms with Gasteiger partial charge in [0, 0.05) is 37.6 Å². The maximum atomic E-state index is 12.5. The van der Waals surface area contributed by atoms with Crippen LogP contribution < -0.4 is 4.74 Å². The third-order valence-electron chi connectivity index (χ3n) is 5.23. The van der Waals surface area contributed by atoms with E-state index in [0.29, 0.717) is 44.0 Å². The molecule has 0 radical (unpaired) electrons. The molecule has 2 aromatic rings. The normalized spacial score (nSPS) is 14.0. The van der Waals surface area contributed by atoms with Gasteiger partial charge >= 0.3 is 0 Å². The number of halogens is 1. The second-order valence-electron chi connectivity index (χ2n) is 7.14. The molecule has 0 N–H and O–H groups in total. The Labute approximate surface area is 177 Å². The summed E-state index contributed by atoms with van der Waals surface area (Å²) >= 11 is 5.89. The molecule has 0 unspecified atom stereocenters. The maximum Gasteiger partial charge on any atom is 0.260 e. The molecule has 1 heterocycles. The van der Waals surface area contributed by atoms with Crippen LogP contribution in [0.1, 0.15) is 24.5 Å². The van der Waals surface area contributed by atoms with Crippen molar-refractivity contribution in [1.82, 2.24) is 9.80 Å². The highest BCUT2D eigenvalue weighted by Gasteiger charge is 2.24. The summed E-state index contributed by atoms with van der Waals surface area (Å²) in [6, 6.07) is 15.4. The Morgan fingerprint density at radius 1 is 0.931 bits per heavy atom. The molecule has 1 aliphatic heterocycles. The molecule has 154 valence electrons. The molecule has 0 atom stereocenters. The summed E-state index contributed by atoms with van der Waals surface area (Å²) in [6.45, 7) is 4.32. The van der Waals surface area contributed by atoms with Gasteiger partial charge in [-0.25, -0.2) is 0 Å². The molecule has 2 aromatic carbocycles. The Bertz CT molecular complexity index is 830. The van der Waals surface area contributed by atoms with Crippen molar-refractivity contribution in [3.8, 4) is 5.75 Å². The number of hydrogen-bond acceptors (Lipinski definition) is 3. The highest BCUT2D eigenvalue weighted by Crippen LogP contribution is 2.18. The molecule has 1 fully saturated rings. The van der Waals surface area contributed by atoms with Gasteiger partial charge in [-0.15, -0.1) is 0 Å². The topological polar surface area (TPSA) is 49.9 Å². The van der Waals surface area contributed by atoms with Crippen molar-refractivity contribution in [2.45, 2.75) is 26.2 Å². The van der Waals surface area contributed by atoms with Gasteiger partial charge in [-0.1, -0.05) is 48.9 Å². The van der Waals surface area contributed by atoms with Crippen LogP contribution in [0.4, 0.5) is 0 Å². The molecule has 6 heteroatoms. The highest BCUT2D eigenvalue weighted by molar-refractivity contribution is 6.30. The van der Waals surface area contributed by atoms with Crippen molar-refractivity contribution in [2.24, 2.45) is 0 Å². The van der Waals surface area contributed by atoms with E-state index >= 15 is 0 Å². The standard InChI is InChI=1S/C23H27ClN2O3/c1-2-19-5-3-4-6-21(19)29-17-23(28)26-15-13-25(14-16-26)22(27)12-9-18-7-10-20(24)11-8-18/h3-8,10-11H,2,9,12-17H2,1H3. The summed E-state index contributed by atoms with van der Waals surface area (Å²) in [5, 5.41) is 0.697. The van der Waals surface area contributed by atoms with Crippen LogP contribution in [0.5, 0.6) is 5.75 Å². The number of hydrogen-bond donors (Lipinski definition) is 0. The number of ether oxygens (including phenoxy) is 1. The van der Waals surface area contributed by atoms with E-state index < -0.39 is 0 Å². The number of carbonyl (C=O) groups excluding carboxylic acids is 2.